The summed E-state index contributed by atoms with van der Waals surface area (Å²) < 4.78 is 0. The first kappa shape index (κ1) is 18.3. The minimum Gasteiger partial charge on any atom is -0.347 e. The quantitative estimate of drug-likeness (QED) is 0.708. The number of pyridine rings is 2. The van der Waals surface area contributed by atoms with Crippen LogP contribution in [0, 0.1) is 6.92 Å². The number of aryl methyl sites for hydroxylation is 1. The summed E-state index contributed by atoms with van der Waals surface area (Å²) in [6.45, 7) is 2.73. The third-order valence-electron chi connectivity index (χ3n) is 3.98. The zero-order valence-electron chi connectivity index (χ0n) is 15.0. The molecule has 1 aromatic carbocycles. The lowest BCUT2D eigenvalue weighted by Gasteiger charge is -2.08. The van der Waals surface area contributed by atoms with Gasteiger partial charge < -0.3 is 10.6 Å². The van der Waals surface area contributed by atoms with Gasteiger partial charge in [0.2, 0.25) is 0 Å². The number of rotatable bonds is 6. The van der Waals surface area contributed by atoms with Crippen LogP contribution in [0.4, 0.5) is 0 Å². The third-order valence-corrected chi connectivity index (χ3v) is 3.98. The number of hydrogen-bond donors (Lipinski definition) is 2. The smallest absolute Gasteiger partial charge is 0.270 e. The summed E-state index contributed by atoms with van der Waals surface area (Å²) in [7, 11) is 0. The molecule has 6 nitrogen and oxygen atoms in total. The summed E-state index contributed by atoms with van der Waals surface area (Å²) in [5.74, 6) is -0.606. The maximum absolute atomic E-state index is 12.3. The molecule has 2 N–H and O–H groups in total. The van der Waals surface area contributed by atoms with E-state index in [1.807, 2.05) is 49.4 Å². The van der Waals surface area contributed by atoms with Crippen LogP contribution in [0.1, 0.15) is 37.7 Å². The van der Waals surface area contributed by atoms with Crippen LogP contribution < -0.4 is 10.6 Å². The molecular weight excluding hydrogens is 340 g/mol. The second kappa shape index (κ2) is 8.71. The maximum Gasteiger partial charge on any atom is 0.270 e. The average molecular weight is 360 g/mol. The summed E-state index contributed by atoms with van der Waals surface area (Å²) in [5.41, 5.74) is 3.50. The molecule has 6 heteroatoms. The van der Waals surface area contributed by atoms with E-state index < -0.39 is 0 Å². The van der Waals surface area contributed by atoms with Gasteiger partial charge in [-0.1, -0.05) is 35.9 Å². The first-order valence-electron chi connectivity index (χ1n) is 8.60. The fraction of sp³-hybridized carbons (Fsp3) is 0.143. The highest BCUT2D eigenvalue weighted by Gasteiger charge is 2.12. The molecule has 3 rings (SSSR count). The molecule has 2 amide bonds. The van der Waals surface area contributed by atoms with Gasteiger partial charge in [-0.05, 0) is 36.8 Å². The van der Waals surface area contributed by atoms with E-state index in [1.54, 1.807) is 12.3 Å². The molecule has 0 radical (unpaired) electrons. The van der Waals surface area contributed by atoms with Crippen molar-refractivity contribution in [3.63, 3.8) is 0 Å². The van der Waals surface area contributed by atoms with Gasteiger partial charge >= 0.3 is 0 Å². The minimum absolute atomic E-state index is 0.201. The first-order valence-corrected chi connectivity index (χ1v) is 8.60. The number of carbonyl (C=O) groups excluding carboxylic acids is 2. The highest BCUT2D eigenvalue weighted by atomic mass is 16.2. The number of nitrogens with one attached hydrogen (secondary N) is 2. The number of carbonyl (C=O) groups is 2. The molecule has 0 saturated carbocycles. The van der Waals surface area contributed by atoms with Crippen LogP contribution in [-0.4, -0.2) is 21.8 Å². The normalized spacial score (nSPS) is 10.3. The SMILES string of the molecule is Cc1ccc(CNC(=O)c2cc(C(=O)NCc3ccccn3)ccn2)cc1. The molecule has 136 valence electrons. The number of nitrogens with zero attached hydrogens (tertiary/aromatic N) is 2. The molecule has 0 bridgehead atoms. The fourth-order valence-corrected chi connectivity index (χ4v) is 2.45. The van der Waals surface area contributed by atoms with Gasteiger partial charge in [-0.15, -0.1) is 0 Å². The van der Waals surface area contributed by atoms with E-state index >= 15 is 0 Å². The molecule has 0 aliphatic carbocycles. The van der Waals surface area contributed by atoms with Gasteiger partial charge in [0.1, 0.15) is 5.69 Å². The van der Waals surface area contributed by atoms with Crippen LogP contribution in [0.15, 0.2) is 67.0 Å². The fourth-order valence-electron chi connectivity index (χ4n) is 2.45. The monoisotopic (exact) mass is 360 g/mol. The average Bonchev–Trinajstić information content (AvgIpc) is 2.72. The van der Waals surface area contributed by atoms with Gasteiger partial charge in [0.05, 0.1) is 12.2 Å². The maximum atomic E-state index is 12.3. The van der Waals surface area contributed by atoms with Crippen molar-refractivity contribution in [2.24, 2.45) is 0 Å². The molecule has 0 aliphatic rings. The summed E-state index contributed by atoms with van der Waals surface area (Å²) >= 11 is 0. The van der Waals surface area contributed by atoms with Gasteiger partial charge in [0.25, 0.3) is 11.8 Å². The van der Waals surface area contributed by atoms with Crippen molar-refractivity contribution >= 4 is 11.8 Å². The lowest BCUT2D eigenvalue weighted by Crippen LogP contribution is -2.26. The van der Waals surface area contributed by atoms with Crippen LogP contribution in [0.5, 0.6) is 0 Å². The molecule has 2 heterocycles. The molecule has 0 fully saturated rings. The van der Waals surface area contributed by atoms with Gasteiger partial charge in [0.15, 0.2) is 0 Å². The Morgan fingerprint density at radius 1 is 0.852 bits per heavy atom. The number of amides is 2. The van der Waals surface area contributed by atoms with Crippen LogP contribution in [0.25, 0.3) is 0 Å². The highest BCUT2D eigenvalue weighted by Crippen LogP contribution is 2.05. The minimum atomic E-state index is -0.324. The van der Waals surface area contributed by atoms with E-state index in [2.05, 4.69) is 20.6 Å². The predicted molar refractivity (Wildman–Crippen MR) is 102 cm³/mol. The van der Waals surface area contributed by atoms with Crippen molar-refractivity contribution in [2.45, 2.75) is 20.0 Å². The zero-order valence-corrected chi connectivity index (χ0v) is 15.0. The summed E-state index contributed by atoms with van der Waals surface area (Å²) in [5, 5.41) is 5.60. The Morgan fingerprint density at radius 3 is 2.37 bits per heavy atom. The van der Waals surface area contributed by atoms with Crippen LogP contribution in [0.2, 0.25) is 0 Å². The standard InChI is InChI=1S/C21H20N4O2/c1-15-5-7-16(8-6-15)13-24-21(27)19-12-17(9-11-23-19)20(26)25-14-18-4-2-3-10-22-18/h2-12H,13-14H2,1H3,(H,24,27)(H,25,26). The van der Waals surface area contributed by atoms with Crippen molar-refractivity contribution in [3.05, 3.63) is 95.1 Å². The lowest BCUT2D eigenvalue weighted by atomic mass is 10.1. The molecule has 27 heavy (non-hydrogen) atoms. The van der Waals surface area contributed by atoms with Crippen LogP contribution >= 0.6 is 0 Å². The van der Waals surface area contributed by atoms with Crippen molar-refractivity contribution in [2.75, 3.05) is 0 Å². The van der Waals surface area contributed by atoms with Gasteiger partial charge in [-0.2, -0.15) is 0 Å². The zero-order chi connectivity index (χ0) is 19.1. The van der Waals surface area contributed by atoms with Gasteiger partial charge in [0, 0.05) is 24.5 Å². The Labute approximate surface area is 157 Å². The van der Waals surface area contributed by atoms with E-state index in [0.29, 0.717) is 18.7 Å². The Bertz CT molecular complexity index is 924. The van der Waals surface area contributed by atoms with Crippen LogP contribution in [-0.2, 0) is 13.1 Å². The van der Waals surface area contributed by atoms with Crippen molar-refractivity contribution in [3.8, 4) is 0 Å². The molecule has 0 unspecified atom stereocenters. The number of benzene rings is 1. The number of hydrogen-bond acceptors (Lipinski definition) is 4. The second-order valence-electron chi connectivity index (χ2n) is 6.10. The molecular formula is C21H20N4O2. The Kier molecular flexibility index (Phi) is 5.89. The largest absolute Gasteiger partial charge is 0.347 e. The third kappa shape index (κ3) is 5.22. The van der Waals surface area contributed by atoms with Crippen LogP contribution in [0.3, 0.4) is 0 Å². The summed E-state index contributed by atoms with van der Waals surface area (Å²) in [4.78, 5) is 32.8. The van der Waals surface area contributed by atoms with Gasteiger partial charge in [-0.3, -0.25) is 19.6 Å². The van der Waals surface area contributed by atoms with Crippen molar-refractivity contribution in [1.29, 1.82) is 0 Å². The molecule has 2 aromatic heterocycles. The van der Waals surface area contributed by atoms with E-state index in [-0.39, 0.29) is 17.5 Å². The van der Waals surface area contributed by atoms with Gasteiger partial charge in [-0.25, -0.2) is 0 Å². The van der Waals surface area contributed by atoms with E-state index in [0.717, 1.165) is 16.8 Å². The summed E-state index contributed by atoms with van der Waals surface area (Å²) in [6.07, 6.45) is 3.13. The Hall–Kier alpha value is -3.54. The van der Waals surface area contributed by atoms with E-state index in [4.69, 9.17) is 0 Å². The topological polar surface area (TPSA) is 84.0 Å². The molecule has 0 spiro atoms. The molecule has 3 aromatic rings. The van der Waals surface area contributed by atoms with E-state index in [9.17, 15) is 9.59 Å². The summed E-state index contributed by atoms with van der Waals surface area (Å²) in [6, 6.07) is 16.5. The molecule has 0 aliphatic heterocycles. The second-order valence-corrected chi connectivity index (χ2v) is 6.10. The highest BCUT2D eigenvalue weighted by molar-refractivity contribution is 5.98. The Morgan fingerprint density at radius 2 is 1.63 bits per heavy atom. The Balaban J connectivity index is 1.59. The van der Waals surface area contributed by atoms with E-state index in [1.165, 1.54) is 12.3 Å². The first-order chi connectivity index (χ1) is 13.1. The molecule has 0 saturated heterocycles. The molecule has 0 atom stereocenters. The van der Waals surface area contributed by atoms with Crippen molar-refractivity contribution < 1.29 is 9.59 Å². The van der Waals surface area contributed by atoms with Crippen molar-refractivity contribution in [1.82, 2.24) is 20.6 Å². The number of aromatic nitrogens is 2. The predicted octanol–water partition coefficient (Wildman–Crippen LogP) is 2.65. The lowest BCUT2D eigenvalue weighted by molar-refractivity contribution is 0.0946.